The molecule has 1 aromatic heterocycles. The Morgan fingerprint density at radius 2 is 2.19 bits per heavy atom. The maximum Gasteiger partial charge on any atom is 0.0797 e. The quantitative estimate of drug-likeness (QED) is 0.861. The van der Waals surface area contributed by atoms with Gasteiger partial charge in [-0.1, -0.05) is 6.42 Å². The van der Waals surface area contributed by atoms with E-state index in [9.17, 15) is 0 Å². The SMILES string of the molecule is Cc1ncsc1CCC1(CNC(C)(C)C)CC2CCC1C2. The molecule has 3 atom stereocenters. The molecule has 3 heteroatoms. The Hall–Kier alpha value is -0.410. The van der Waals surface area contributed by atoms with Crippen molar-refractivity contribution in [3.63, 3.8) is 0 Å². The van der Waals surface area contributed by atoms with Crippen LogP contribution < -0.4 is 5.32 Å². The molecular formula is C18H30N2S. The normalized spacial score (nSPS) is 32.0. The Bertz CT molecular complexity index is 488. The van der Waals surface area contributed by atoms with Crippen LogP contribution in [0.2, 0.25) is 0 Å². The van der Waals surface area contributed by atoms with Crippen LogP contribution in [0.5, 0.6) is 0 Å². The number of hydrogen-bond donors (Lipinski definition) is 1. The van der Waals surface area contributed by atoms with Crippen LogP contribution in [-0.2, 0) is 6.42 Å². The van der Waals surface area contributed by atoms with E-state index >= 15 is 0 Å². The molecule has 1 aromatic rings. The van der Waals surface area contributed by atoms with Gasteiger partial charge in [0.15, 0.2) is 0 Å². The maximum atomic E-state index is 4.42. The second-order valence-electron chi connectivity index (χ2n) is 8.41. The fourth-order valence-electron chi connectivity index (χ4n) is 4.54. The van der Waals surface area contributed by atoms with Crippen LogP contribution in [0.4, 0.5) is 0 Å². The topological polar surface area (TPSA) is 24.9 Å². The summed E-state index contributed by atoms with van der Waals surface area (Å²) in [7, 11) is 0. The van der Waals surface area contributed by atoms with Crippen LogP contribution in [0.25, 0.3) is 0 Å². The van der Waals surface area contributed by atoms with Crippen molar-refractivity contribution in [3.05, 3.63) is 16.1 Å². The molecule has 0 aromatic carbocycles. The third-order valence-corrected chi connectivity index (χ3v) is 6.76. The number of nitrogens with zero attached hydrogens (tertiary/aromatic N) is 1. The van der Waals surface area contributed by atoms with Gasteiger partial charge in [-0.25, -0.2) is 4.98 Å². The fraction of sp³-hybridized carbons (Fsp3) is 0.833. The van der Waals surface area contributed by atoms with E-state index in [1.165, 1.54) is 55.6 Å². The first-order chi connectivity index (χ1) is 9.88. The maximum absolute atomic E-state index is 4.42. The van der Waals surface area contributed by atoms with Crippen molar-refractivity contribution >= 4 is 11.3 Å². The van der Waals surface area contributed by atoms with Gasteiger partial charge >= 0.3 is 0 Å². The summed E-state index contributed by atoms with van der Waals surface area (Å²) in [4.78, 5) is 5.93. The highest BCUT2D eigenvalue weighted by atomic mass is 32.1. The number of hydrogen-bond acceptors (Lipinski definition) is 3. The third kappa shape index (κ3) is 3.34. The first-order valence-electron chi connectivity index (χ1n) is 8.52. The summed E-state index contributed by atoms with van der Waals surface area (Å²) in [6, 6.07) is 0. The predicted octanol–water partition coefficient (Wildman–Crippen LogP) is 4.58. The van der Waals surface area contributed by atoms with Crippen molar-refractivity contribution in [2.24, 2.45) is 17.3 Å². The van der Waals surface area contributed by atoms with Crippen LogP contribution in [0, 0.1) is 24.2 Å². The summed E-state index contributed by atoms with van der Waals surface area (Å²) in [6.07, 6.45) is 8.48. The van der Waals surface area contributed by atoms with E-state index in [4.69, 9.17) is 0 Å². The van der Waals surface area contributed by atoms with Gasteiger partial charge in [-0.05, 0) is 77.0 Å². The monoisotopic (exact) mass is 306 g/mol. The summed E-state index contributed by atoms with van der Waals surface area (Å²) in [6.45, 7) is 10.2. The molecule has 2 fully saturated rings. The summed E-state index contributed by atoms with van der Waals surface area (Å²) in [5, 5.41) is 3.82. The van der Waals surface area contributed by atoms with E-state index in [0.717, 1.165) is 11.8 Å². The van der Waals surface area contributed by atoms with Crippen LogP contribution >= 0.6 is 11.3 Å². The first kappa shape index (κ1) is 15.5. The zero-order valence-corrected chi connectivity index (χ0v) is 14.9. The smallest absolute Gasteiger partial charge is 0.0797 e. The van der Waals surface area contributed by atoms with Crippen LogP contribution in [0.15, 0.2) is 5.51 Å². The van der Waals surface area contributed by atoms with Crippen molar-refractivity contribution in [3.8, 4) is 0 Å². The molecule has 3 unspecified atom stereocenters. The Kier molecular flexibility index (Phi) is 4.17. The number of rotatable bonds is 5. The van der Waals surface area contributed by atoms with Crippen molar-refractivity contribution < 1.29 is 0 Å². The van der Waals surface area contributed by atoms with Gasteiger partial charge in [0.25, 0.3) is 0 Å². The van der Waals surface area contributed by atoms with Crippen molar-refractivity contribution in [1.29, 1.82) is 0 Å². The largest absolute Gasteiger partial charge is 0.312 e. The molecule has 2 aliphatic rings. The van der Waals surface area contributed by atoms with Gasteiger partial charge in [-0.3, -0.25) is 0 Å². The van der Waals surface area contributed by atoms with E-state index in [0.29, 0.717) is 5.41 Å². The number of fused-ring (bicyclic) bond motifs is 2. The molecule has 0 spiro atoms. The highest BCUT2D eigenvalue weighted by Gasteiger charge is 2.50. The Morgan fingerprint density at radius 1 is 1.38 bits per heavy atom. The lowest BCUT2D eigenvalue weighted by Gasteiger charge is -2.40. The van der Waals surface area contributed by atoms with Gasteiger partial charge in [0.1, 0.15) is 0 Å². The summed E-state index contributed by atoms with van der Waals surface area (Å²) in [5.41, 5.74) is 4.04. The Balaban J connectivity index is 1.69. The fourth-order valence-corrected chi connectivity index (χ4v) is 5.32. The standard InChI is InChI=1S/C18H30N2S/c1-13-16(21-12-19-13)7-8-18(11-20-17(2,3)4)10-14-5-6-15(18)9-14/h12,14-15,20H,5-11H2,1-4H3. The Morgan fingerprint density at radius 3 is 2.71 bits per heavy atom. The molecule has 0 saturated heterocycles. The van der Waals surface area contributed by atoms with Crippen molar-refractivity contribution in [2.45, 2.75) is 71.8 Å². The highest BCUT2D eigenvalue weighted by molar-refractivity contribution is 7.09. The molecule has 2 bridgehead atoms. The molecule has 0 radical (unpaired) electrons. The first-order valence-corrected chi connectivity index (χ1v) is 9.40. The lowest BCUT2D eigenvalue weighted by atomic mass is 9.69. The molecule has 2 aliphatic carbocycles. The minimum Gasteiger partial charge on any atom is -0.312 e. The summed E-state index contributed by atoms with van der Waals surface area (Å²) >= 11 is 1.84. The molecule has 118 valence electrons. The second-order valence-corrected chi connectivity index (χ2v) is 9.35. The second kappa shape index (κ2) is 5.66. The molecular weight excluding hydrogens is 276 g/mol. The number of nitrogens with one attached hydrogen (secondary N) is 1. The minimum atomic E-state index is 0.231. The van der Waals surface area contributed by atoms with Crippen LogP contribution in [-0.4, -0.2) is 17.1 Å². The van der Waals surface area contributed by atoms with E-state index in [-0.39, 0.29) is 5.54 Å². The van der Waals surface area contributed by atoms with Crippen molar-refractivity contribution in [2.75, 3.05) is 6.54 Å². The molecule has 21 heavy (non-hydrogen) atoms. The zero-order chi connectivity index (χ0) is 15.1. The lowest BCUT2D eigenvalue weighted by molar-refractivity contribution is 0.131. The van der Waals surface area contributed by atoms with E-state index in [1.807, 2.05) is 16.8 Å². The molecule has 0 amide bonds. The highest BCUT2D eigenvalue weighted by Crippen LogP contribution is 2.57. The molecule has 2 nitrogen and oxygen atoms in total. The molecule has 0 aliphatic heterocycles. The number of thiazole rings is 1. The molecule has 1 N–H and O–H groups in total. The number of aryl methyl sites for hydroxylation is 2. The third-order valence-electron chi connectivity index (χ3n) is 5.77. The summed E-state index contributed by atoms with van der Waals surface area (Å²) in [5.74, 6) is 1.98. The van der Waals surface area contributed by atoms with Gasteiger partial charge in [0, 0.05) is 17.0 Å². The lowest BCUT2D eigenvalue weighted by Crippen LogP contribution is -2.46. The van der Waals surface area contributed by atoms with Gasteiger partial charge < -0.3 is 5.32 Å². The average molecular weight is 307 g/mol. The molecule has 3 rings (SSSR count). The van der Waals surface area contributed by atoms with Crippen molar-refractivity contribution in [1.82, 2.24) is 10.3 Å². The van der Waals surface area contributed by atoms with Gasteiger partial charge in [-0.15, -0.1) is 11.3 Å². The summed E-state index contributed by atoms with van der Waals surface area (Å²) < 4.78 is 0. The van der Waals surface area contributed by atoms with Gasteiger partial charge in [-0.2, -0.15) is 0 Å². The zero-order valence-electron chi connectivity index (χ0n) is 14.0. The van der Waals surface area contributed by atoms with E-state index in [2.05, 4.69) is 38.0 Å². The number of aromatic nitrogens is 1. The van der Waals surface area contributed by atoms with E-state index in [1.54, 1.807) is 0 Å². The molecule has 2 saturated carbocycles. The average Bonchev–Trinajstić information content (AvgIpc) is 3.09. The minimum absolute atomic E-state index is 0.231. The van der Waals surface area contributed by atoms with Gasteiger partial charge in [0.05, 0.1) is 11.2 Å². The van der Waals surface area contributed by atoms with Gasteiger partial charge in [0.2, 0.25) is 0 Å². The Labute approximate surface area is 133 Å². The predicted molar refractivity (Wildman–Crippen MR) is 90.8 cm³/mol. The van der Waals surface area contributed by atoms with E-state index < -0.39 is 0 Å². The van der Waals surface area contributed by atoms with Crippen LogP contribution in [0.3, 0.4) is 0 Å². The van der Waals surface area contributed by atoms with Crippen LogP contribution in [0.1, 0.15) is 63.4 Å². The molecule has 1 heterocycles.